The molecule has 0 unspecified atom stereocenters. The van der Waals surface area contributed by atoms with Crippen LogP contribution in [0.4, 0.5) is 0 Å². The Balaban J connectivity index is 0.0000000995. The van der Waals surface area contributed by atoms with Crippen molar-refractivity contribution in [3.05, 3.63) is 245 Å². The fourth-order valence-corrected chi connectivity index (χ4v) is 16.7. The van der Waals surface area contributed by atoms with Gasteiger partial charge in [0.2, 0.25) is 11.8 Å². The van der Waals surface area contributed by atoms with Crippen molar-refractivity contribution in [1.82, 2.24) is 61.3 Å². The minimum Gasteiger partial charge on any atom is -0.422 e. The van der Waals surface area contributed by atoms with Gasteiger partial charge in [-0.2, -0.15) is 0 Å². The zero-order valence-corrected chi connectivity index (χ0v) is 52.2. The van der Waals surface area contributed by atoms with Crippen LogP contribution in [0.1, 0.15) is 0 Å². The molecule has 21 rings (SSSR count). The van der Waals surface area contributed by atoms with E-state index in [1.54, 1.807) is 68.0 Å². The van der Waals surface area contributed by atoms with Crippen LogP contribution in [0.5, 0.6) is 11.8 Å². The van der Waals surface area contributed by atoms with E-state index in [-0.39, 0.29) is 0 Å². The third-order valence-electron chi connectivity index (χ3n) is 16.5. The molecule has 13 aromatic heterocycles. The van der Waals surface area contributed by atoms with Gasteiger partial charge in [-0.1, -0.05) is 91.0 Å². The normalized spacial score (nSPS) is 12.0. The number of rotatable bonds is 7. The number of para-hydroxylation sites is 4. The van der Waals surface area contributed by atoms with Crippen LogP contribution in [0.2, 0.25) is 0 Å². The number of aromatic nitrogens is 13. The SMILES string of the molecule is c1cc(-c2ccc3nc4sccn4c3c2)cc(-c2ccc3nc4sccn4c3c2)c1.c1cc(-c2ccc3nc4sccn4c3c2)cc(-c2cccc(-c3ccc4nc5sccn5c4c3)n2)c1.c1ccc2c(c1)nc1scc(Oc3csc4nc5ccccc5n34)n12. The lowest BCUT2D eigenvalue weighted by Crippen LogP contribution is -1.92. The molecule has 20 heteroatoms. The quantitative estimate of drug-likeness (QED) is 0.154. The number of thiazole rings is 6. The summed E-state index contributed by atoms with van der Waals surface area (Å²) in [4.78, 5) is 39.1. The summed E-state index contributed by atoms with van der Waals surface area (Å²) in [5, 5.41) is 12.3. The first-order chi connectivity index (χ1) is 45.0. The topological polar surface area (TPSA) is 126 Å². The van der Waals surface area contributed by atoms with Crippen LogP contribution in [0, 0.1) is 0 Å². The molecule has 21 aromatic rings. The van der Waals surface area contributed by atoms with Gasteiger partial charge < -0.3 is 4.74 Å². The van der Waals surface area contributed by atoms with Crippen LogP contribution in [0.15, 0.2) is 245 Å². The van der Waals surface area contributed by atoms with Gasteiger partial charge in [0.25, 0.3) is 0 Å². The summed E-state index contributed by atoms with van der Waals surface area (Å²) in [7, 11) is 0. The molecule has 13 heterocycles. The van der Waals surface area contributed by atoms with Gasteiger partial charge >= 0.3 is 0 Å². The summed E-state index contributed by atoms with van der Waals surface area (Å²) >= 11 is 9.78. The van der Waals surface area contributed by atoms with Gasteiger partial charge in [0.1, 0.15) is 0 Å². The maximum atomic E-state index is 6.28. The molecule has 0 atom stereocenters. The Morgan fingerprint density at radius 1 is 0.253 bits per heavy atom. The summed E-state index contributed by atoms with van der Waals surface area (Å²) in [6, 6.07) is 65.6. The van der Waals surface area contributed by atoms with Gasteiger partial charge in [-0.25, -0.2) is 34.9 Å². The summed E-state index contributed by atoms with van der Waals surface area (Å²) in [5.74, 6) is 1.54. The molecule has 0 spiro atoms. The van der Waals surface area contributed by atoms with E-state index in [1.165, 1.54) is 27.8 Å². The second-order valence-electron chi connectivity index (χ2n) is 21.7. The predicted molar refractivity (Wildman–Crippen MR) is 376 cm³/mol. The average molecular weight is 1280 g/mol. The molecule has 0 saturated heterocycles. The van der Waals surface area contributed by atoms with E-state index < -0.39 is 0 Å². The van der Waals surface area contributed by atoms with Crippen molar-refractivity contribution in [2.24, 2.45) is 0 Å². The molecule has 0 radical (unpaired) electrons. The summed E-state index contributed by atoms with van der Waals surface area (Å²) in [6.45, 7) is 0. The third kappa shape index (κ3) is 8.85. The fourth-order valence-electron chi connectivity index (χ4n) is 12.1. The second-order valence-corrected chi connectivity index (χ2v) is 26.9. The van der Waals surface area contributed by atoms with Gasteiger partial charge in [-0.15, -0.1) is 68.0 Å². The third-order valence-corrected chi connectivity index (χ3v) is 21.1. The molecule has 0 fully saturated rings. The average Bonchev–Trinajstić information content (AvgIpc) is 1.68. The number of hydrogen-bond acceptors (Lipinski definition) is 14. The number of ether oxygens (including phenoxy) is 1. The molecular formula is C71H41N13OS6. The Bertz CT molecular complexity index is 6010. The van der Waals surface area contributed by atoms with E-state index in [1.807, 2.05) is 47.2 Å². The van der Waals surface area contributed by atoms with Crippen molar-refractivity contribution < 1.29 is 4.74 Å². The van der Waals surface area contributed by atoms with Crippen molar-refractivity contribution in [3.8, 4) is 67.7 Å². The highest BCUT2D eigenvalue weighted by Gasteiger charge is 2.18. The molecule has 0 saturated carbocycles. The Kier molecular flexibility index (Phi) is 12.0. The van der Waals surface area contributed by atoms with Crippen molar-refractivity contribution in [2.75, 3.05) is 0 Å². The molecule has 0 N–H and O–H groups in total. The molecule has 0 aliphatic carbocycles. The molecule has 0 aliphatic rings. The van der Waals surface area contributed by atoms with Crippen molar-refractivity contribution >= 4 is 164 Å². The second kappa shape index (κ2) is 21.0. The maximum absolute atomic E-state index is 6.28. The largest absolute Gasteiger partial charge is 0.422 e. The van der Waals surface area contributed by atoms with E-state index in [4.69, 9.17) is 29.7 Å². The van der Waals surface area contributed by atoms with E-state index >= 15 is 0 Å². The van der Waals surface area contributed by atoms with Crippen molar-refractivity contribution in [1.29, 1.82) is 0 Å². The number of imidazole rings is 6. The lowest BCUT2D eigenvalue weighted by molar-refractivity contribution is 0.442. The molecule has 0 aliphatic heterocycles. The summed E-state index contributed by atoms with van der Waals surface area (Å²) in [5.41, 5.74) is 23.9. The van der Waals surface area contributed by atoms with Crippen LogP contribution >= 0.6 is 68.0 Å². The minimum atomic E-state index is 0.770. The minimum absolute atomic E-state index is 0.770. The first kappa shape index (κ1) is 52.2. The lowest BCUT2D eigenvalue weighted by atomic mass is 9.98. The number of pyridine rings is 1. The van der Waals surface area contributed by atoms with Crippen LogP contribution in [0.25, 0.3) is 152 Å². The van der Waals surface area contributed by atoms with Gasteiger partial charge in [0, 0.05) is 57.4 Å². The monoisotopic (exact) mass is 1280 g/mol. The Morgan fingerprint density at radius 3 is 1.00 bits per heavy atom. The smallest absolute Gasteiger partial charge is 0.219 e. The van der Waals surface area contributed by atoms with Gasteiger partial charge in [0.05, 0.1) is 88.3 Å². The molecule has 432 valence electrons. The van der Waals surface area contributed by atoms with Crippen molar-refractivity contribution in [2.45, 2.75) is 0 Å². The Hall–Kier alpha value is -10.7. The molecule has 14 nitrogen and oxygen atoms in total. The summed E-state index contributed by atoms with van der Waals surface area (Å²) < 4.78 is 19.0. The molecule has 0 bridgehead atoms. The number of nitrogens with zero attached hydrogens (tertiary/aromatic N) is 13. The fraction of sp³-hybridized carbons (Fsp3) is 0. The highest BCUT2D eigenvalue weighted by molar-refractivity contribution is 7.16. The van der Waals surface area contributed by atoms with E-state index in [0.717, 1.165) is 136 Å². The number of fused-ring (bicyclic) bond motifs is 18. The lowest BCUT2D eigenvalue weighted by Gasteiger charge is -2.08. The molecule has 8 aromatic carbocycles. The Labute approximate surface area is 538 Å². The number of benzene rings is 8. The molecule has 0 amide bonds. The van der Waals surface area contributed by atoms with E-state index in [0.29, 0.717) is 0 Å². The van der Waals surface area contributed by atoms with Crippen molar-refractivity contribution in [3.63, 3.8) is 0 Å². The first-order valence-corrected chi connectivity index (χ1v) is 34.3. The highest BCUT2D eigenvalue weighted by atomic mass is 32.1. The highest BCUT2D eigenvalue weighted by Crippen LogP contribution is 2.38. The zero-order chi connectivity index (χ0) is 59.7. The Morgan fingerprint density at radius 2 is 0.571 bits per heavy atom. The van der Waals surface area contributed by atoms with Crippen LogP contribution in [0.3, 0.4) is 0 Å². The first-order valence-electron chi connectivity index (χ1n) is 29.0. The molecular weight excluding hydrogens is 1240 g/mol. The van der Waals surface area contributed by atoms with Crippen LogP contribution in [-0.2, 0) is 0 Å². The number of hydrogen-bond donors (Lipinski definition) is 0. The van der Waals surface area contributed by atoms with Gasteiger partial charge in [0.15, 0.2) is 29.8 Å². The maximum Gasteiger partial charge on any atom is 0.219 e. The van der Waals surface area contributed by atoms with E-state index in [2.05, 4.69) is 234 Å². The zero-order valence-electron chi connectivity index (χ0n) is 47.3. The molecule has 91 heavy (non-hydrogen) atoms. The van der Waals surface area contributed by atoms with Crippen LogP contribution < -0.4 is 4.74 Å². The predicted octanol–water partition coefficient (Wildman–Crippen LogP) is 19.8. The van der Waals surface area contributed by atoms with E-state index in [9.17, 15) is 0 Å². The standard InChI is InChI=1S/C29H17N5S2.C24H14N4S2.C18H10N4OS2/c1-3-18(19-7-9-24-26(16-19)33-11-13-35-28(33)31-24)15-20(4-1)22-5-2-6-23(30-22)21-8-10-25-27(17-21)34-12-14-36-29(34)32-25;1-2-15(17-4-6-19-21(13-17)27-8-10-29-23(27)25-19)12-16(3-1)18-5-7-20-22(14-18)28-9-11-30-24(28)26-20;1-3-7-13-11(5-1)19-17-21(13)15(9-24-17)23-16-10-25-18-20-12-6-2-4-8-14(12)22(16)18/h1-17H;1-14H;1-10H. The summed E-state index contributed by atoms with van der Waals surface area (Å²) in [6.07, 6.45) is 8.32. The van der Waals surface area contributed by atoms with Gasteiger partial charge in [-0.3, -0.25) is 26.4 Å². The van der Waals surface area contributed by atoms with Gasteiger partial charge in [-0.05, 0) is 130 Å². The van der Waals surface area contributed by atoms with Crippen LogP contribution in [-0.4, -0.2) is 61.3 Å².